The number of fused-ring (bicyclic) bond motifs is 1. The van der Waals surface area contributed by atoms with E-state index in [9.17, 15) is 9.90 Å². The van der Waals surface area contributed by atoms with Gasteiger partial charge in [-0.25, -0.2) is 4.98 Å². The number of nitrogens with zero attached hydrogens (tertiary/aromatic N) is 2. The lowest BCUT2D eigenvalue weighted by Crippen LogP contribution is -2.45. The van der Waals surface area contributed by atoms with E-state index in [1.165, 1.54) is 0 Å². The molecule has 0 radical (unpaired) electrons. The molecule has 1 saturated carbocycles. The summed E-state index contributed by atoms with van der Waals surface area (Å²) >= 11 is 0. The molecular weight excluding hydrogens is 254 g/mol. The Morgan fingerprint density at radius 3 is 3.20 bits per heavy atom. The van der Waals surface area contributed by atoms with Crippen molar-refractivity contribution in [3.63, 3.8) is 0 Å². The van der Waals surface area contributed by atoms with Gasteiger partial charge >= 0.3 is 0 Å². The fourth-order valence-electron chi connectivity index (χ4n) is 3.69. The summed E-state index contributed by atoms with van der Waals surface area (Å²) in [6, 6.07) is 0.268. The first-order chi connectivity index (χ1) is 9.58. The summed E-state index contributed by atoms with van der Waals surface area (Å²) in [4.78, 5) is 21.2. The first-order valence-corrected chi connectivity index (χ1v) is 7.24. The lowest BCUT2D eigenvalue weighted by molar-refractivity contribution is -0.129. The Bertz CT molecular complexity index is 511. The molecule has 2 N–H and O–H groups in total. The van der Waals surface area contributed by atoms with Crippen molar-refractivity contribution in [3.8, 4) is 0 Å². The van der Waals surface area contributed by atoms with Crippen LogP contribution in [0.3, 0.4) is 0 Å². The van der Waals surface area contributed by atoms with E-state index in [0.717, 1.165) is 37.9 Å². The molecule has 0 aromatic carbocycles. The van der Waals surface area contributed by atoms with Crippen molar-refractivity contribution in [1.82, 2.24) is 14.9 Å². The number of rotatable bonds is 2. The van der Waals surface area contributed by atoms with Gasteiger partial charge in [-0.3, -0.25) is 4.79 Å². The van der Waals surface area contributed by atoms with E-state index in [2.05, 4.69) is 16.9 Å². The van der Waals surface area contributed by atoms with Gasteiger partial charge in [0.2, 0.25) is 5.91 Å². The standard InChI is InChI=1S/C15H21N3O2/c1-15-6-7-18(13(15)4-3-12(19)8-15)14(20)5-2-11-9-16-10-17-11/h2,5,9-10,12-13,19H,3-4,6-8H2,1H3,(H,16,17)/b5-2+/t12-,13-,15+/m1/s1. The predicted octanol–water partition coefficient (Wildman–Crippen LogP) is 1.57. The van der Waals surface area contributed by atoms with Gasteiger partial charge in [-0.1, -0.05) is 6.92 Å². The molecule has 2 fully saturated rings. The Labute approximate surface area is 118 Å². The van der Waals surface area contributed by atoms with E-state index < -0.39 is 0 Å². The molecule has 5 heteroatoms. The first-order valence-electron chi connectivity index (χ1n) is 7.24. The smallest absolute Gasteiger partial charge is 0.246 e. The molecule has 3 rings (SSSR count). The fourth-order valence-corrected chi connectivity index (χ4v) is 3.69. The number of nitrogens with one attached hydrogen (secondary N) is 1. The van der Waals surface area contributed by atoms with Gasteiger partial charge in [0, 0.05) is 18.7 Å². The molecule has 1 amide bonds. The van der Waals surface area contributed by atoms with Gasteiger partial charge < -0.3 is 15.0 Å². The molecule has 1 aliphatic heterocycles. The highest BCUT2D eigenvalue weighted by molar-refractivity contribution is 5.92. The summed E-state index contributed by atoms with van der Waals surface area (Å²) in [6.07, 6.45) is 9.97. The lowest BCUT2D eigenvalue weighted by atomic mass is 9.71. The van der Waals surface area contributed by atoms with Crippen LogP contribution in [0.1, 0.15) is 38.3 Å². The fraction of sp³-hybridized carbons (Fsp3) is 0.600. The minimum absolute atomic E-state index is 0.0599. The molecule has 0 bridgehead atoms. The van der Waals surface area contributed by atoms with Crippen LogP contribution >= 0.6 is 0 Å². The summed E-state index contributed by atoms with van der Waals surface area (Å²) in [5.74, 6) is 0.0599. The van der Waals surface area contributed by atoms with E-state index in [4.69, 9.17) is 0 Å². The van der Waals surface area contributed by atoms with Crippen LogP contribution in [-0.2, 0) is 4.79 Å². The monoisotopic (exact) mass is 275 g/mol. The van der Waals surface area contributed by atoms with Gasteiger partial charge in [0.15, 0.2) is 0 Å². The highest BCUT2D eigenvalue weighted by Crippen LogP contribution is 2.46. The molecule has 5 nitrogen and oxygen atoms in total. The van der Waals surface area contributed by atoms with Crippen molar-refractivity contribution in [1.29, 1.82) is 0 Å². The third-order valence-electron chi connectivity index (χ3n) is 4.79. The average molecular weight is 275 g/mol. The zero-order chi connectivity index (χ0) is 14.2. The summed E-state index contributed by atoms with van der Waals surface area (Å²) in [6.45, 7) is 2.99. The predicted molar refractivity (Wildman–Crippen MR) is 75.7 cm³/mol. The summed E-state index contributed by atoms with van der Waals surface area (Å²) in [7, 11) is 0. The Morgan fingerprint density at radius 1 is 1.60 bits per heavy atom. The minimum Gasteiger partial charge on any atom is -0.393 e. The lowest BCUT2D eigenvalue weighted by Gasteiger charge is -2.41. The summed E-state index contributed by atoms with van der Waals surface area (Å²) in [5, 5.41) is 9.85. The number of hydrogen-bond acceptors (Lipinski definition) is 3. The SMILES string of the molecule is C[C@@]12CCN(C(=O)/C=C/c3cnc[nH]3)[C@@H]1CC[C@@H](O)C2. The summed E-state index contributed by atoms with van der Waals surface area (Å²) in [5.41, 5.74) is 0.911. The number of H-pyrrole nitrogens is 1. The third-order valence-corrected chi connectivity index (χ3v) is 4.79. The first kappa shape index (κ1) is 13.4. The van der Waals surface area contributed by atoms with E-state index in [-0.39, 0.29) is 23.5 Å². The number of aromatic amines is 1. The highest BCUT2D eigenvalue weighted by Gasteiger charge is 2.48. The number of amides is 1. The van der Waals surface area contributed by atoms with E-state index >= 15 is 0 Å². The second-order valence-electron chi connectivity index (χ2n) is 6.23. The van der Waals surface area contributed by atoms with Crippen LogP contribution in [0.2, 0.25) is 0 Å². The van der Waals surface area contributed by atoms with Gasteiger partial charge in [0.05, 0.1) is 24.3 Å². The summed E-state index contributed by atoms with van der Waals surface area (Å²) < 4.78 is 0. The zero-order valence-electron chi connectivity index (χ0n) is 11.7. The van der Waals surface area contributed by atoms with Gasteiger partial charge in [-0.2, -0.15) is 0 Å². The van der Waals surface area contributed by atoms with Crippen LogP contribution in [0.5, 0.6) is 0 Å². The van der Waals surface area contributed by atoms with Crippen molar-refractivity contribution >= 4 is 12.0 Å². The second kappa shape index (κ2) is 5.05. The van der Waals surface area contributed by atoms with Gasteiger partial charge in [0.25, 0.3) is 0 Å². The number of likely N-dealkylation sites (tertiary alicyclic amines) is 1. The van der Waals surface area contributed by atoms with Crippen LogP contribution in [0, 0.1) is 5.41 Å². The van der Waals surface area contributed by atoms with Crippen molar-refractivity contribution in [2.45, 2.75) is 44.8 Å². The maximum Gasteiger partial charge on any atom is 0.246 e. The number of aliphatic hydroxyl groups excluding tert-OH is 1. The maximum atomic E-state index is 12.4. The van der Waals surface area contributed by atoms with Crippen LogP contribution < -0.4 is 0 Å². The number of carbonyl (C=O) groups excluding carboxylic acids is 1. The Morgan fingerprint density at radius 2 is 2.45 bits per heavy atom. The van der Waals surface area contributed by atoms with E-state index in [1.807, 2.05) is 4.90 Å². The number of imidazole rings is 1. The van der Waals surface area contributed by atoms with Crippen molar-refractivity contribution in [3.05, 3.63) is 24.3 Å². The molecular formula is C15H21N3O2. The van der Waals surface area contributed by atoms with Gasteiger partial charge in [0.1, 0.15) is 0 Å². The molecule has 1 saturated heterocycles. The minimum atomic E-state index is -0.202. The average Bonchev–Trinajstić information content (AvgIpc) is 3.02. The van der Waals surface area contributed by atoms with E-state index in [0.29, 0.717) is 0 Å². The van der Waals surface area contributed by atoms with Crippen molar-refractivity contribution < 1.29 is 9.90 Å². The number of carbonyl (C=O) groups is 1. The molecule has 1 aliphatic carbocycles. The Hall–Kier alpha value is -1.62. The van der Waals surface area contributed by atoms with Crippen molar-refractivity contribution in [2.24, 2.45) is 5.41 Å². The molecule has 0 unspecified atom stereocenters. The highest BCUT2D eigenvalue weighted by atomic mass is 16.3. The molecule has 1 aromatic rings. The van der Waals surface area contributed by atoms with E-state index in [1.54, 1.807) is 24.7 Å². The third kappa shape index (κ3) is 2.38. The van der Waals surface area contributed by atoms with Crippen LogP contribution in [0.15, 0.2) is 18.6 Å². The maximum absolute atomic E-state index is 12.4. The molecule has 20 heavy (non-hydrogen) atoms. The Balaban J connectivity index is 1.70. The van der Waals surface area contributed by atoms with Crippen LogP contribution in [-0.4, -0.2) is 44.6 Å². The van der Waals surface area contributed by atoms with Gasteiger partial charge in [-0.15, -0.1) is 0 Å². The topological polar surface area (TPSA) is 69.2 Å². The van der Waals surface area contributed by atoms with Crippen LogP contribution in [0.4, 0.5) is 0 Å². The van der Waals surface area contributed by atoms with Gasteiger partial charge in [-0.05, 0) is 37.2 Å². The number of hydrogen-bond donors (Lipinski definition) is 2. The normalized spacial score (nSPS) is 33.6. The zero-order valence-corrected chi connectivity index (χ0v) is 11.7. The molecule has 3 atom stereocenters. The molecule has 0 spiro atoms. The number of aromatic nitrogens is 2. The molecule has 2 heterocycles. The largest absolute Gasteiger partial charge is 0.393 e. The number of aliphatic hydroxyl groups is 1. The Kier molecular flexibility index (Phi) is 3.38. The molecule has 108 valence electrons. The molecule has 1 aromatic heterocycles. The van der Waals surface area contributed by atoms with Crippen LogP contribution in [0.25, 0.3) is 6.08 Å². The second-order valence-corrected chi connectivity index (χ2v) is 6.23. The quantitative estimate of drug-likeness (QED) is 0.805. The molecule has 2 aliphatic rings. The van der Waals surface area contributed by atoms with Crippen molar-refractivity contribution in [2.75, 3.05) is 6.54 Å².